The third kappa shape index (κ3) is 7.56. The smallest absolute Gasteiger partial charge is 0.306 e. The molecule has 0 aromatic heterocycles. The van der Waals surface area contributed by atoms with Gasteiger partial charge in [0.15, 0.2) is 0 Å². The Hall–Kier alpha value is -1.89. The summed E-state index contributed by atoms with van der Waals surface area (Å²) < 4.78 is 16.5. The second-order valence-electron chi connectivity index (χ2n) is 7.03. The number of esters is 2. The van der Waals surface area contributed by atoms with E-state index in [0.29, 0.717) is 38.7 Å². The van der Waals surface area contributed by atoms with Crippen molar-refractivity contribution < 1.29 is 33.7 Å². The van der Waals surface area contributed by atoms with Crippen LogP contribution in [0.3, 0.4) is 0 Å². The van der Waals surface area contributed by atoms with Crippen LogP contribution in [0.25, 0.3) is 0 Å². The van der Waals surface area contributed by atoms with Gasteiger partial charge >= 0.3 is 17.9 Å². The van der Waals surface area contributed by atoms with Gasteiger partial charge in [-0.05, 0) is 50.7 Å². The standard InChI is InChI=1S/C19H30O7/c1-13(18(22)23)6-5-10-19(4)17(26-15(3)21)8-7-16(12-25-19)9-11-24-14(2)20/h9,13,17H,5-8,10-12H2,1-4H3,(H,22,23)/t13?,17-,19?/m1/s1. The molecule has 0 aromatic carbocycles. The van der Waals surface area contributed by atoms with E-state index >= 15 is 0 Å². The van der Waals surface area contributed by atoms with Gasteiger partial charge in [-0.25, -0.2) is 0 Å². The Morgan fingerprint density at radius 3 is 2.62 bits per heavy atom. The average molecular weight is 370 g/mol. The predicted octanol–water partition coefficient (Wildman–Crippen LogP) is 2.87. The lowest BCUT2D eigenvalue weighted by atomic mass is 9.88. The zero-order valence-electron chi connectivity index (χ0n) is 16.1. The van der Waals surface area contributed by atoms with Crippen LogP contribution < -0.4 is 0 Å². The Kier molecular flexibility index (Phi) is 8.78. The summed E-state index contributed by atoms with van der Waals surface area (Å²) in [6.45, 7) is 6.87. The average Bonchev–Trinajstić information content (AvgIpc) is 2.68. The first-order valence-corrected chi connectivity index (χ1v) is 8.99. The Balaban J connectivity index is 2.75. The van der Waals surface area contributed by atoms with E-state index in [1.54, 1.807) is 6.92 Å². The number of carboxylic acids is 1. The van der Waals surface area contributed by atoms with Gasteiger partial charge in [-0.3, -0.25) is 14.4 Å². The van der Waals surface area contributed by atoms with Gasteiger partial charge in [0.05, 0.1) is 12.5 Å². The van der Waals surface area contributed by atoms with Gasteiger partial charge in [0.1, 0.15) is 18.3 Å². The Labute approximate surface area is 154 Å². The number of carboxylic acid groups (broad SMARTS) is 1. The highest BCUT2D eigenvalue weighted by atomic mass is 16.6. The zero-order chi connectivity index (χ0) is 19.7. The molecule has 0 amide bonds. The summed E-state index contributed by atoms with van der Waals surface area (Å²) in [5.41, 5.74) is 0.312. The minimum Gasteiger partial charge on any atom is -0.481 e. The summed E-state index contributed by atoms with van der Waals surface area (Å²) in [6.07, 6.45) is 4.51. The van der Waals surface area contributed by atoms with E-state index < -0.39 is 23.6 Å². The van der Waals surface area contributed by atoms with E-state index in [1.807, 2.05) is 13.0 Å². The second-order valence-corrected chi connectivity index (χ2v) is 7.03. The Morgan fingerprint density at radius 2 is 2.04 bits per heavy atom. The normalized spacial score (nSPS) is 26.0. The fourth-order valence-electron chi connectivity index (χ4n) is 2.98. The molecule has 2 unspecified atom stereocenters. The SMILES string of the molecule is CC(=O)OCC=C1CC[C@@H](OC(C)=O)C(C)(CCCC(C)C(=O)O)OC1. The molecule has 1 aliphatic heterocycles. The van der Waals surface area contributed by atoms with Crippen LogP contribution in [-0.2, 0) is 28.6 Å². The third-order valence-corrected chi connectivity index (χ3v) is 4.69. The van der Waals surface area contributed by atoms with Gasteiger partial charge in [-0.15, -0.1) is 0 Å². The maximum Gasteiger partial charge on any atom is 0.306 e. The van der Waals surface area contributed by atoms with E-state index in [-0.39, 0.29) is 18.5 Å². The molecule has 0 spiro atoms. The van der Waals surface area contributed by atoms with Crippen LogP contribution in [0.2, 0.25) is 0 Å². The zero-order valence-corrected chi connectivity index (χ0v) is 16.1. The molecule has 26 heavy (non-hydrogen) atoms. The van der Waals surface area contributed by atoms with Crippen molar-refractivity contribution >= 4 is 17.9 Å². The lowest BCUT2D eigenvalue weighted by Crippen LogP contribution is -2.43. The fourth-order valence-corrected chi connectivity index (χ4v) is 2.98. The molecule has 1 N–H and O–H groups in total. The fraction of sp³-hybridized carbons (Fsp3) is 0.737. The van der Waals surface area contributed by atoms with Crippen LogP contribution in [0.15, 0.2) is 11.6 Å². The minimum absolute atomic E-state index is 0.194. The molecular formula is C19H30O7. The maximum atomic E-state index is 11.5. The van der Waals surface area contributed by atoms with Gasteiger partial charge < -0.3 is 19.3 Å². The van der Waals surface area contributed by atoms with Crippen molar-refractivity contribution in [2.45, 2.75) is 71.5 Å². The molecule has 1 aliphatic rings. The highest BCUT2D eigenvalue weighted by Gasteiger charge is 2.39. The van der Waals surface area contributed by atoms with Crippen LogP contribution in [0.4, 0.5) is 0 Å². The van der Waals surface area contributed by atoms with Gasteiger partial charge in [-0.2, -0.15) is 0 Å². The lowest BCUT2D eigenvalue weighted by molar-refractivity contribution is -0.167. The summed E-state index contributed by atoms with van der Waals surface area (Å²) >= 11 is 0. The van der Waals surface area contributed by atoms with E-state index in [2.05, 4.69) is 0 Å². The van der Waals surface area contributed by atoms with Crippen molar-refractivity contribution in [1.82, 2.24) is 0 Å². The number of hydrogen-bond donors (Lipinski definition) is 1. The monoisotopic (exact) mass is 370 g/mol. The largest absolute Gasteiger partial charge is 0.481 e. The number of ether oxygens (including phenoxy) is 3. The second kappa shape index (κ2) is 10.3. The molecule has 0 saturated carbocycles. The third-order valence-electron chi connectivity index (χ3n) is 4.69. The van der Waals surface area contributed by atoms with Crippen LogP contribution >= 0.6 is 0 Å². The maximum absolute atomic E-state index is 11.5. The summed E-state index contributed by atoms with van der Waals surface area (Å²) in [5, 5.41) is 9.01. The molecule has 0 aliphatic carbocycles. The van der Waals surface area contributed by atoms with Crippen molar-refractivity contribution in [1.29, 1.82) is 0 Å². The summed E-state index contributed by atoms with van der Waals surface area (Å²) in [7, 11) is 0. The van der Waals surface area contributed by atoms with Gasteiger partial charge in [0.25, 0.3) is 0 Å². The molecule has 3 atom stereocenters. The molecular weight excluding hydrogens is 340 g/mol. The first kappa shape index (κ1) is 22.2. The molecule has 0 bridgehead atoms. The summed E-state index contributed by atoms with van der Waals surface area (Å²) in [4.78, 5) is 33.3. The van der Waals surface area contributed by atoms with Crippen LogP contribution in [0, 0.1) is 5.92 Å². The Morgan fingerprint density at radius 1 is 1.35 bits per heavy atom. The highest BCUT2D eigenvalue weighted by molar-refractivity contribution is 5.69. The van der Waals surface area contributed by atoms with Crippen molar-refractivity contribution in [2.24, 2.45) is 5.92 Å². The molecule has 1 heterocycles. The summed E-state index contributed by atoms with van der Waals surface area (Å²) in [5.74, 6) is -1.94. The van der Waals surface area contributed by atoms with Crippen LogP contribution in [-0.4, -0.2) is 47.9 Å². The highest BCUT2D eigenvalue weighted by Crippen LogP contribution is 2.33. The summed E-state index contributed by atoms with van der Waals surface area (Å²) in [6, 6.07) is 0. The van der Waals surface area contributed by atoms with Crippen molar-refractivity contribution in [3.8, 4) is 0 Å². The minimum atomic E-state index is -0.816. The lowest BCUT2D eigenvalue weighted by Gasteiger charge is -2.35. The van der Waals surface area contributed by atoms with Gasteiger partial charge in [0.2, 0.25) is 0 Å². The van der Waals surface area contributed by atoms with Crippen molar-refractivity contribution in [2.75, 3.05) is 13.2 Å². The number of aliphatic carboxylic acids is 1. The number of carbonyl (C=O) groups is 3. The van der Waals surface area contributed by atoms with Crippen molar-refractivity contribution in [3.63, 3.8) is 0 Å². The molecule has 1 fully saturated rings. The van der Waals surface area contributed by atoms with E-state index in [1.165, 1.54) is 13.8 Å². The molecule has 0 radical (unpaired) electrons. The molecule has 0 aromatic rings. The predicted molar refractivity (Wildman–Crippen MR) is 94.5 cm³/mol. The van der Waals surface area contributed by atoms with Gasteiger partial charge in [-0.1, -0.05) is 6.92 Å². The topological polar surface area (TPSA) is 99.1 Å². The quantitative estimate of drug-likeness (QED) is 0.518. The van der Waals surface area contributed by atoms with Crippen LogP contribution in [0.5, 0.6) is 0 Å². The van der Waals surface area contributed by atoms with Gasteiger partial charge in [0, 0.05) is 13.8 Å². The molecule has 1 saturated heterocycles. The van der Waals surface area contributed by atoms with E-state index in [0.717, 1.165) is 5.57 Å². The Bertz CT molecular complexity index is 540. The number of hydrogen-bond acceptors (Lipinski definition) is 6. The molecule has 148 valence electrons. The molecule has 7 nitrogen and oxygen atoms in total. The number of carbonyl (C=O) groups excluding carboxylic acids is 2. The van der Waals surface area contributed by atoms with Crippen LogP contribution in [0.1, 0.15) is 59.8 Å². The molecule has 7 heteroatoms. The van der Waals surface area contributed by atoms with E-state index in [4.69, 9.17) is 19.3 Å². The van der Waals surface area contributed by atoms with Crippen molar-refractivity contribution in [3.05, 3.63) is 11.6 Å². The first-order chi connectivity index (χ1) is 12.1. The molecule has 1 rings (SSSR count). The first-order valence-electron chi connectivity index (χ1n) is 8.99. The van der Waals surface area contributed by atoms with E-state index in [9.17, 15) is 14.4 Å². The number of rotatable bonds is 8.